The van der Waals surface area contributed by atoms with Gasteiger partial charge >= 0.3 is 5.97 Å². The third-order valence-electron chi connectivity index (χ3n) is 3.36. The van der Waals surface area contributed by atoms with Crippen molar-refractivity contribution in [1.29, 1.82) is 0 Å². The first-order chi connectivity index (χ1) is 11.9. The number of ketones is 1. The Labute approximate surface area is 148 Å². The van der Waals surface area contributed by atoms with E-state index in [9.17, 15) is 18.4 Å². The second-order valence-electron chi connectivity index (χ2n) is 5.23. The summed E-state index contributed by atoms with van der Waals surface area (Å²) in [5.74, 6) is -3.33. The minimum atomic E-state index is -2.47. The van der Waals surface area contributed by atoms with Gasteiger partial charge in [-0.25, -0.2) is 4.79 Å². The van der Waals surface area contributed by atoms with Crippen LogP contribution in [0.25, 0.3) is 0 Å². The molecule has 1 atom stereocenters. The molecule has 2 aromatic rings. The second kappa shape index (κ2) is 8.62. The minimum absolute atomic E-state index is 0.245. The van der Waals surface area contributed by atoms with Crippen LogP contribution in [-0.4, -0.2) is 23.6 Å². The van der Waals surface area contributed by atoms with Gasteiger partial charge in [-0.15, -0.1) is 0 Å². The summed E-state index contributed by atoms with van der Waals surface area (Å²) in [4.78, 5) is 23.9. The number of carbonyl (C=O) groups excluding carboxylic acids is 2. The molecule has 0 amide bonds. The summed E-state index contributed by atoms with van der Waals surface area (Å²) < 4.78 is 29.8. The zero-order chi connectivity index (χ0) is 18.4. The Morgan fingerprint density at radius 3 is 2.32 bits per heavy atom. The summed E-state index contributed by atoms with van der Waals surface area (Å²) in [6.07, 6.45) is -0.828. The minimum Gasteiger partial charge on any atom is -0.451 e. The van der Waals surface area contributed by atoms with E-state index in [1.165, 1.54) is 13.8 Å². The van der Waals surface area contributed by atoms with Gasteiger partial charge in [-0.3, -0.25) is 4.79 Å². The maximum Gasteiger partial charge on any atom is 0.340 e. The number of Topliss-reactive ketones (excluding diaryl/α,β-unsaturated/α-hetero) is 1. The summed E-state index contributed by atoms with van der Waals surface area (Å²) >= 11 is 0.464. The lowest BCUT2D eigenvalue weighted by atomic mass is 10.1. The highest BCUT2D eigenvalue weighted by molar-refractivity contribution is 7.99. The van der Waals surface area contributed by atoms with Crippen molar-refractivity contribution in [3.05, 3.63) is 54.1 Å². The third-order valence-corrected chi connectivity index (χ3v) is 4.08. The van der Waals surface area contributed by atoms with Crippen molar-refractivity contribution in [3.63, 3.8) is 0 Å². The highest BCUT2D eigenvalue weighted by Gasteiger charge is 2.18. The van der Waals surface area contributed by atoms with Crippen LogP contribution in [0.15, 0.2) is 53.4 Å². The summed E-state index contributed by atoms with van der Waals surface area (Å²) in [5, 5.41) is 3.05. The number of para-hydroxylation sites is 1. The molecule has 25 heavy (non-hydrogen) atoms. The first kappa shape index (κ1) is 18.9. The van der Waals surface area contributed by atoms with Crippen LogP contribution in [-0.2, 0) is 9.53 Å². The fraction of sp³-hybridized carbons (Fsp3) is 0.222. The monoisotopic (exact) mass is 365 g/mol. The molecule has 0 saturated heterocycles. The Morgan fingerprint density at radius 1 is 1.08 bits per heavy atom. The number of esters is 1. The number of hydrogen-bond acceptors (Lipinski definition) is 5. The lowest BCUT2D eigenvalue weighted by Gasteiger charge is -2.14. The van der Waals surface area contributed by atoms with Gasteiger partial charge in [-0.1, -0.05) is 23.9 Å². The highest BCUT2D eigenvalue weighted by Crippen LogP contribution is 2.28. The SMILES string of the molecule is CC(=O)C(C)OC(=O)c1ccccc1Nc1ccc(SC(F)F)cc1. The number of benzene rings is 2. The molecule has 0 radical (unpaired) electrons. The number of alkyl halides is 2. The Bertz CT molecular complexity index is 750. The van der Waals surface area contributed by atoms with Crippen LogP contribution >= 0.6 is 11.8 Å². The fourth-order valence-electron chi connectivity index (χ4n) is 1.95. The van der Waals surface area contributed by atoms with E-state index < -0.39 is 17.8 Å². The zero-order valence-corrected chi connectivity index (χ0v) is 14.5. The molecule has 0 fully saturated rings. The van der Waals surface area contributed by atoms with Gasteiger partial charge in [0.15, 0.2) is 11.9 Å². The van der Waals surface area contributed by atoms with E-state index in [4.69, 9.17) is 4.74 Å². The predicted molar refractivity (Wildman–Crippen MR) is 93.6 cm³/mol. The van der Waals surface area contributed by atoms with E-state index in [0.29, 0.717) is 28.0 Å². The smallest absolute Gasteiger partial charge is 0.340 e. The molecule has 0 aliphatic heterocycles. The molecule has 132 valence electrons. The van der Waals surface area contributed by atoms with Crippen LogP contribution in [0, 0.1) is 0 Å². The normalized spacial score (nSPS) is 11.9. The molecule has 0 bridgehead atoms. The van der Waals surface area contributed by atoms with Crippen molar-refractivity contribution in [3.8, 4) is 0 Å². The van der Waals surface area contributed by atoms with Gasteiger partial charge in [-0.2, -0.15) is 8.78 Å². The number of nitrogens with one attached hydrogen (secondary N) is 1. The van der Waals surface area contributed by atoms with Gasteiger partial charge in [-0.05, 0) is 50.2 Å². The van der Waals surface area contributed by atoms with Crippen molar-refractivity contribution in [1.82, 2.24) is 0 Å². The summed E-state index contributed by atoms with van der Waals surface area (Å²) in [6.45, 7) is 2.86. The molecule has 0 saturated carbocycles. The maximum absolute atomic E-state index is 12.3. The molecule has 0 aliphatic carbocycles. The van der Waals surface area contributed by atoms with Gasteiger partial charge in [0.25, 0.3) is 5.76 Å². The quantitative estimate of drug-likeness (QED) is 0.560. The number of ether oxygens (including phenoxy) is 1. The standard InChI is InChI=1S/C18H17F2NO3S/c1-11(22)12(2)24-17(23)15-5-3-4-6-16(15)21-13-7-9-14(10-8-13)25-18(19)20/h3-10,12,18,21H,1-2H3. The van der Waals surface area contributed by atoms with E-state index >= 15 is 0 Å². The molecular formula is C18H17F2NO3S. The first-order valence-corrected chi connectivity index (χ1v) is 8.37. The Morgan fingerprint density at radius 2 is 1.72 bits per heavy atom. The molecule has 0 aromatic heterocycles. The van der Waals surface area contributed by atoms with E-state index in [1.54, 1.807) is 48.5 Å². The lowest BCUT2D eigenvalue weighted by molar-refractivity contribution is -0.124. The Kier molecular flexibility index (Phi) is 6.52. The van der Waals surface area contributed by atoms with Crippen LogP contribution in [0.4, 0.5) is 20.2 Å². The number of halogens is 2. The van der Waals surface area contributed by atoms with Gasteiger partial charge in [0.05, 0.1) is 11.3 Å². The van der Waals surface area contributed by atoms with Gasteiger partial charge in [0.2, 0.25) is 0 Å². The largest absolute Gasteiger partial charge is 0.451 e. The average Bonchev–Trinajstić information content (AvgIpc) is 2.56. The topological polar surface area (TPSA) is 55.4 Å². The molecule has 0 spiro atoms. The summed E-state index contributed by atoms with van der Waals surface area (Å²) in [5.41, 5.74) is 1.41. The van der Waals surface area contributed by atoms with E-state index in [2.05, 4.69) is 5.32 Å². The molecule has 0 aliphatic rings. The van der Waals surface area contributed by atoms with Gasteiger partial charge in [0.1, 0.15) is 0 Å². The average molecular weight is 365 g/mol. The van der Waals surface area contributed by atoms with E-state index in [0.717, 1.165) is 0 Å². The first-order valence-electron chi connectivity index (χ1n) is 7.49. The lowest BCUT2D eigenvalue weighted by Crippen LogP contribution is -2.22. The van der Waals surface area contributed by atoms with Crippen LogP contribution in [0.1, 0.15) is 24.2 Å². The maximum atomic E-state index is 12.3. The third kappa shape index (κ3) is 5.56. The molecule has 2 rings (SSSR count). The van der Waals surface area contributed by atoms with Crippen molar-refractivity contribution in [2.75, 3.05) is 5.32 Å². The molecule has 4 nitrogen and oxygen atoms in total. The molecule has 1 N–H and O–H groups in total. The number of hydrogen-bond donors (Lipinski definition) is 1. The van der Waals surface area contributed by atoms with E-state index in [1.807, 2.05) is 0 Å². The van der Waals surface area contributed by atoms with Gasteiger partial charge in [0, 0.05) is 10.6 Å². The number of rotatable bonds is 7. The summed E-state index contributed by atoms with van der Waals surface area (Å²) in [7, 11) is 0. The molecular weight excluding hydrogens is 348 g/mol. The van der Waals surface area contributed by atoms with Crippen molar-refractivity contribution in [2.24, 2.45) is 0 Å². The van der Waals surface area contributed by atoms with Crippen LogP contribution in [0.2, 0.25) is 0 Å². The van der Waals surface area contributed by atoms with Crippen molar-refractivity contribution in [2.45, 2.75) is 30.6 Å². The molecule has 7 heteroatoms. The summed E-state index contributed by atoms with van der Waals surface area (Å²) in [6, 6.07) is 13.1. The number of thioether (sulfide) groups is 1. The van der Waals surface area contributed by atoms with Crippen LogP contribution in [0.5, 0.6) is 0 Å². The molecule has 2 aromatic carbocycles. The number of carbonyl (C=O) groups is 2. The van der Waals surface area contributed by atoms with Crippen molar-refractivity contribution >= 4 is 34.9 Å². The number of anilines is 2. The van der Waals surface area contributed by atoms with Crippen LogP contribution in [0.3, 0.4) is 0 Å². The van der Waals surface area contributed by atoms with Crippen LogP contribution < -0.4 is 5.32 Å². The zero-order valence-electron chi connectivity index (χ0n) is 13.7. The molecule has 1 unspecified atom stereocenters. The second-order valence-corrected chi connectivity index (χ2v) is 6.30. The predicted octanol–water partition coefficient (Wildman–Crippen LogP) is 4.88. The highest BCUT2D eigenvalue weighted by atomic mass is 32.2. The van der Waals surface area contributed by atoms with E-state index in [-0.39, 0.29) is 11.3 Å². The van der Waals surface area contributed by atoms with Crippen molar-refractivity contribution < 1.29 is 23.1 Å². The Hall–Kier alpha value is -2.41. The Balaban J connectivity index is 2.15. The van der Waals surface area contributed by atoms with Gasteiger partial charge < -0.3 is 10.1 Å². The fourth-order valence-corrected chi connectivity index (χ4v) is 2.45. The molecule has 0 heterocycles.